The third kappa shape index (κ3) is 3.18. The fraction of sp³-hybridized carbons (Fsp3) is 0.909. The van der Waals surface area contributed by atoms with E-state index < -0.39 is 0 Å². The van der Waals surface area contributed by atoms with Crippen molar-refractivity contribution in [1.82, 2.24) is 10.4 Å². The molecule has 0 saturated carbocycles. The summed E-state index contributed by atoms with van der Waals surface area (Å²) in [5.41, 5.74) is 0. The van der Waals surface area contributed by atoms with Gasteiger partial charge in [0.2, 0.25) is 0 Å². The van der Waals surface area contributed by atoms with Crippen molar-refractivity contribution >= 4 is 5.97 Å². The number of hydroxylamine groups is 2. The molecule has 2 fully saturated rings. The van der Waals surface area contributed by atoms with Crippen LogP contribution in [0, 0.1) is 5.92 Å². The second-order valence-electron chi connectivity index (χ2n) is 4.42. The van der Waals surface area contributed by atoms with Gasteiger partial charge in [-0.05, 0) is 38.8 Å². The van der Waals surface area contributed by atoms with Gasteiger partial charge in [-0.1, -0.05) is 6.42 Å². The van der Waals surface area contributed by atoms with Crippen molar-refractivity contribution in [2.24, 2.45) is 5.92 Å². The lowest BCUT2D eigenvalue weighted by atomic mass is 9.99. The largest absolute Gasteiger partial charge is 0.368 e. The Bertz CT molecular complexity index is 209. The van der Waals surface area contributed by atoms with E-state index in [1.165, 1.54) is 6.42 Å². The second-order valence-corrected chi connectivity index (χ2v) is 4.42. The van der Waals surface area contributed by atoms with Gasteiger partial charge in [0, 0.05) is 13.1 Å². The Labute approximate surface area is 90.9 Å². The summed E-state index contributed by atoms with van der Waals surface area (Å²) in [5.74, 6) is 0.103. The molecule has 0 aromatic carbocycles. The zero-order valence-electron chi connectivity index (χ0n) is 9.21. The molecule has 86 valence electrons. The van der Waals surface area contributed by atoms with E-state index in [0.717, 1.165) is 51.9 Å². The van der Waals surface area contributed by atoms with Crippen LogP contribution in [0.5, 0.6) is 0 Å². The van der Waals surface area contributed by atoms with E-state index in [-0.39, 0.29) is 11.9 Å². The fourth-order valence-electron chi connectivity index (χ4n) is 2.22. The number of rotatable bonds is 2. The van der Waals surface area contributed by atoms with Crippen LogP contribution in [0.15, 0.2) is 0 Å². The summed E-state index contributed by atoms with van der Waals surface area (Å²) in [7, 11) is 0. The van der Waals surface area contributed by atoms with Gasteiger partial charge in [0.15, 0.2) is 0 Å². The first-order chi connectivity index (χ1) is 7.36. The lowest BCUT2D eigenvalue weighted by Gasteiger charge is -2.28. The molecule has 2 aliphatic rings. The molecule has 2 aliphatic heterocycles. The highest BCUT2D eigenvalue weighted by Crippen LogP contribution is 2.16. The van der Waals surface area contributed by atoms with Gasteiger partial charge in [0.05, 0.1) is 5.92 Å². The molecule has 0 aromatic heterocycles. The van der Waals surface area contributed by atoms with E-state index in [9.17, 15) is 4.79 Å². The van der Waals surface area contributed by atoms with Gasteiger partial charge in [0.1, 0.15) is 0 Å². The van der Waals surface area contributed by atoms with E-state index in [1.54, 1.807) is 0 Å². The predicted octanol–water partition coefficient (Wildman–Crippen LogP) is 0.930. The Balaban J connectivity index is 1.74. The van der Waals surface area contributed by atoms with Gasteiger partial charge >= 0.3 is 5.97 Å². The van der Waals surface area contributed by atoms with Gasteiger partial charge < -0.3 is 10.2 Å². The molecular formula is C11H20N2O2. The Kier molecular flexibility index (Phi) is 3.97. The van der Waals surface area contributed by atoms with Crippen LogP contribution >= 0.6 is 0 Å². The molecule has 0 aliphatic carbocycles. The smallest absolute Gasteiger partial charge is 0.328 e. The summed E-state index contributed by atoms with van der Waals surface area (Å²) in [6.45, 7) is 3.72. The highest BCUT2D eigenvalue weighted by atomic mass is 16.7. The number of hydrogen-bond donors (Lipinski definition) is 1. The quantitative estimate of drug-likeness (QED) is 0.739. The number of hydrogen-bond acceptors (Lipinski definition) is 4. The first-order valence-corrected chi connectivity index (χ1v) is 6.04. The Hall–Kier alpha value is -0.610. The molecular weight excluding hydrogens is 192 g/mol. The Morgan fingerprint density at radius 2 is 1.80 bits per heavy atom. The molecule has 2 saturated heterocycles. The van der Waals surface area contributed by atoms with Crippen molar-refractivity contribution in [3.05, 3.63) is 0 Å². The predicted molar refractivity (Wildman–Crippen MR) is 57.1 cm³/mol. The summed E-state index contributed by atoms with van der Waals surface area (Å²) in [5, 5.41) is 5.09. The molecule has 1 N–H and O–H groups in total. The lowest BCUT2D eigenvalue weighted by Crippen LogP contribution is -2.38. The van der Waals surface area contributed by atoms with Crippen molar-refractivity contribution in [3.8, 4) is 0 Å². The van der Waals surface area contributed by atoms with Gasteiger partial charge in [-0.3, -0.25) is 4.79 Å². The maximum absolute atomic E-state index is 11.8. The Morgan fingerprint density at radius 3 is 2.47 bits per heavy atom. The summed E-state index contributed by atoms with van der Waals surface area (Å²) in [6, 6.07) is 0. The minimum atomic E-state index is -0.0154. The van der Waals surface area contributed by atoms with Crippen LogP contribution in [-0.4, -0.2) is 37.2 Å². The van der Waals surface area contributed by atoms with Crippen molar-refractivity contribution < 1.29 is 9.63 Å². The van der Waals surface area contributed by atoms with Crippen molar-refractivity contribution in [2.75, 3.05) is 26.2 Å². The van der Waals surface area contributed by atoms with Gasteiger partial charge in [-0.2, -0.15) is 0 Å². The topological polar surface area (TPSA) is 41.6 Å². The van der Waals surface area contributed by atoms with Crippen LogP contribution in [0.2, 0.25) is 0 Å². The monoisotopic (exact) mass is 212 g/mol. The second kappa shape index (κ2) is 5.47. The molecule has 0 atom stereocenters. The molecule has 0 radical (unpaired) electrons. The van der Waals surface area contributed by atoms with Crippen LogP contribution in [0.4, 0.5) is 0 Å². The molecule has 0 aromatic rings. The summed E-state index contributed by atoms with van der Waals surface area (Å²) in [4.78, 5) is 17.2. The van der Waals surface area contributed by atoms with Gasteiger partial charge in [-0.15, -0.1) is 5.06 Å². The number of carbonyl (C=O) groups excluding carboxylic acids is 1. The first-order valence-electron chi connectivity index (χ1n) is 6.04. The first kappa shape index (κ1) is 10.9. The van der Waals surface area contributed by atoms with E-state index >= 15 is 0 Å². The van der Waals surface area contributed by atoms with E-state index in [4.69, 9.17) is 4.84 Å². The molecule has 2 rings (SSSR count). The average molecular weight is 212 g/mol. The van der Waals surface area contributed by atoms with E-state index in [2.05, 4.69) is 5.32 Å². The number of nitrogens with one attached hydrogen (secondary N) is 1. The normalized spacial score (nSPS) is 25.1. The van der Waals surface area contributed by atoms with E-state index in [0.29, 0.717) is 0 Å². The fourth-order valence-corrected chi connectivity index (χ4v) is 2.22. The van der Waals surface area contributed by atoms with Crippen molar-refractivity contribution in [2.45, 2.75) is 32.1 Å². The summed E-state index contributed by atoms with van der Waals surface area (Å²) in [6.07, 6.45) is 5.42. The lowest BCUT2D eigenvalue weighted by molar-refractivity contribution is -0.200. The van der Waals surface area contributed by atoms with E-state index in [1.807, 2.05) is 5.06 Å². The minimum absolute atomic E-state index is 0.0154. The molecule has 0 amide bonds. The molecule has 0 unspecified atom stereocenters. The summed E-state index contributed by atoms with van der Waals surface area (Å²) >= 11 is 0. The van der Waals surface area contributed by atoms with Crippen molar-refractivity contribution in [3.63, 3.8) is 0 Å². The van der Waals surface area contributed by atoms with Crippen LogP contribution in [0.25, 0.3) is 0 Å². The Morgan fingerprint density at radius 1 is 1.13 bits per heavy atom. The zero-order chi connectivity index (χ0) is 10.5. The highest BCUT2D eigenvalue weighted by Gasteiger charge is 2.25. The third-order valence-electron chi connectivity index (χ3n) is 3.21. The highest BCUT2D eigenvalue weighted by molar-refractivity contribution is 5.72. The average Bonchev–Trinajstić information content (AvgIpc) is 2.31. The number of nitrogens with zero attached hydrogens (tertiary/aromatic N) is 1. The minimum Gasteiger partial charge on any atom is -0.368 e. The van der Waals surface area contributed by atoms with Crippen LogP contribution in [0.3, 0.4) is 0 Å². The van der Waals surface area contributed by atoms with Crippen LogP contribution in [-0.2, 0) is 9.63 Å². The molecule has 0 bridgehead atoms. The number of carbonyl (C=O) groups is 1. The standard InChI is InChI=1S/C11H20N2O2/c14-11(10-4-6-12-7-5-10)15-13-8-2-1-3-9-13/h10,12H,1-9H2. The summed E-state index contributed by atoms with van der Waals surface area (Å²) < 4.78 is 0. The molecule has 4 heteroatoms. The third-order valence-corrected chi connectivity index (χ3v) is 3.21. The van der Waals surface area contributed by atoms with Crippen LogP contribution in [0.1, 0.15) is 32.1 Å². The zero-order valence-corrected chi connectivity index (χ0v) is 9.21. The van der Waals surface area contributed by atoms with Crippen molar-refractivity contribution in [1.29, 1.82) is 0 Å². The maximum Gasteiger partial charge on any atom is 0.328 e. The van der Waals surface area contributed by atoms with Gasteiger partial charge in [-0.25, -0.2) is 0 Å². The van der Waals surface area contributed by atoms with Gasteiger partial charge in [0.25, 0.3) is 0 Å². The van der Waals surface area contributed by atoms with Crippen LogP contribution < -0.4 is 5.32 Å². The molecule has 0 spiro atoms. The molecule has 15 heavy (non-hydrogen) atoms. The molecule has 2 heterocycles. The maximum atomic E-state index is 11.8. The molecule has 4 nitrogen and oxygen atoms in total. The number of piperidine rings is 2. The SMILES string of the molecule is O=C(ON1CCCCC1)C1CCNCC1.